The fourth-order valence-corrected chi connectivity index (χ4v) is 1.23. The molecular formula is C10H15N3O. The number of hydrogen-bond acceptors (Lipinski definition) is 2. The van der Waals surface area contributed by atoms with Crippen molar-refractivity contribution in [1.82, 2.24) is 9.78 Å². The van der Waals surface area contributed by atoms with Crippen LogP contribution in [0.1, 0.15) is 24.6 Å². The standard InChI is InChI=1S/C10H15N3O/c1-3-6-13-8(2)9(7-12-13)4-5-10(11)14/h4-5,7H,3,6H2,1-2H3,(H2,11,14)/b5-4+. The minimum absolute atomic E-state index is 0.437. The summed E-state index contributed by atoms with van der Waals surface area (Å²) in [6.45, 7) is 4.97. The van der Waals surface area contributed by atoms with Gasteiger partial charge in [-0.05, 0) is 19.4 Å². The van der Waals surface area contributed by atoms with Crippen molar-refractivity contribution >= 4 is 12.0 Å². The summed E-state index contributed by atoms with van der Waals surface area (Å²) in [7, 11) is 0. The highest BCUT2D eigenvalue weighted by molar-refractivity contribution is 5.90. The molecule has 4 heteroatoms. The number of carbonyl (C=O) groups is 1. The second-order valence-corrected chi connectivity index (χ2v) is 3.14. The Labute approximate surface area is 83.4 Å². The van der Waals surface area contributed by atoms with Crippen molar-refractivity contribution in [3.8, 4) is 0 Å². The molecular weight excluding hydrogens is 178 g/mol. The van der Waals surface area contributed by atoms with E-state index in [-0.39, 0.29) is 0 Å². The van der Waals surface area contributed by atoms with Gasteiger partial charge in [-0.3, -0.25) is 9.48 Å². The molecule has 1 rings (SSSR count). The molecule has 0 saturated heterocycles. The SMILES string of the molecule is CCCn1ncc(/C=C/C(N)=O)c1C. The lowest BCUT2D eigenvalue weighted by molar-refractivity contribution is -0.113. The second kappa shape index (κ2) is 4.60. The van der Waals surface area contributed by atoms with Crippen molar-refractivity contribution in [2.24, 2.45) is 5.73 Å². The summed E-state index contributed by atoms with van der Waals surface area (Å²) < 4.78 is 1.92. The molecule has 0 aliphatic rings. The van der Waals surface area contributed by atoms with Crippen molar-refractivity contribution in [1.29, 1.82) is 0 Å². The van der Waals surface area contributed by atoms with Crippen molar-refractivity contribution in [2.45, 2.75) is 26.8 Å². The van der Waals surface area contributed by atoms with Crippen LogP contribution in [-0.4, -0.2) is 15.7 Å². The normalized spacial score (nSPS) is 11.0. The Bertz CT molecular complexity index is 352. The minimum atomic E-state index is -0.437. The van der Waals surface area contributed by atoms with Gasteiger partial charge in [0.25, 0.3) is 0 Å². The van der Waals surface area contributed by atoms with Crippen molar-refractivity contribution in [3.05, 3.63) is 23.5 Å². The van der Waals surface area contributed by atoms with Crippen LogP contribution in [0.3, 0.4) is 0 Å². The van der Waals surface area contributed by atoms with E-state index in [1.165, 1.54) is 6.08 Å². The highest BCUT2D eigenvalue weighted by Crippen LogP contribution is 2.09. The van der Waals surface area contributed by atoms with Crippen LogP contribution in [0.5, 0.6) is 0 Å². The second-order valence-electron chi connectivity index (χ2n) is 3.14. The molecule has 0 unspecified atom stereocenters. The monoisotopic (exact) mass is 193 g/mol. The van der Waals surface area contributed by atoms with Crippen molar-refractivity contribution < 1.29 is 4.79 Å². The maximum absolute atomic E-state index is 10.5. The largest absolute Gasteiger partial charge is 0.366 e. The number of primary amides is 1. The van der Waals surface area contributed by atoms with Gasteiger partial charge in [0.15, 0.2) is 0 Å². The third-order valence-corrected chi connectivity index (χ3v) is 2.00. The van der Waals surface area contributed by atoms with E-state index in [1.807, 2.05) is 11.6 Å². The smallest absolute Gasteiger partial charge is 0.241 e. The van der Waals surface area contributed by atoms with E-state index in [9.17, 15) is 4.79 Å². The molecule has 2 N–H and O–H groups in total. The number of nitrogens with two attached hydrogens (primary N) is 1. The predicted octanol–water partition coefficient (Wildman–Crippen LogP) is 1.10. The molecule has 0 aromatic carbocycles. The van der Waals surface area contributed by atoms with Crippen LogP contribution >= 0.6 is 0 Å². The Morgan fingerprint density at radius 3 is 3.00 bits per heavy atom. The summed E-state index contributed by atoms with van der Waals surface area (Å²) in [4.78, 5) is 10.5. The molecule has 0 bridgehead atoms. The van der Waals surface area contributed by atoms with Gasteiger partial charge in [0.05, 0.1) is 6.20 Å². The first-order valence-electron chi connectivity index (χ1n) is 4.65. The van der Waals surface area contributed by atoms with Gasteiger partial charge in [0, 0.05) is 23.9 Å². The molecule has 0 saturated carbocycles. The van der Waals surface area contributed by atoms with Crippen LogP contribution in [0.15, 0.2) is 12.3 Å². The first-order valence-corrected chi connectivity index (χ1v) is 4.65. The summed E-state index contributed by atoms with van der Waals surface area (Å²) in [5.41, 5.74) is 7.00. The van der Waals surface area contributed by atoms with Crippen molar-refractivity contribution in [3.63, 3.8) is 0 Å². The quantitative estimate of drug-likeness (QED) is 0.728. The van der Waals surface area contributed by atoms with Gasteiger partial charge in [-0.25, -0.2) is 0 Å². The molecule has 1 amide bonds. The van der Waals surface area contributed by atoms with E-state index in [0.29, 0.717) is 0 Å². The van der Waals surface area contributed by atoms with Gasteiger partial charge in [-0.2, -0.15) is 5.10 Å². The third-order valence-electron chi connectivity index (χ3n) is 2.00. The first kappa shape index (κ1) is 10.5. The Balaban J connectivity index is 2.84. The molecule has 1 aromatic rings. The molecule has 1 aromatic heterocycles. The van der Waals surface area contributed by atoms with Crippen LogP contribution in [0, 0.1) is 6.92 Å². The molecule has 0 fully saturated rings. The zero-order valence-electron chi connectivity index (χ0n) is 8.53. The fraction of sp³-hybridized carbons (Fsp3) is 0.400. The van der Waals surface area contributed by atoms with Crippen LogP contribution in [0.25, 0.3) is 6.08 Å². The van der Waals surface area contributed by atoms with Crippen LogP contribution in [0.2, 0.25) is 0 Å². The van der Waals surface area contributed by atoms with E-state index in [4.69, 9.17) is 5.73 Å². The van der Waals surface area contributed by atoms with Gasteiger partial charge in [0.2, 0.25) is 5.91 Å². The van der Waals surface area contributed by atoms with Crippen LogP contribution in [-0.2, 0) is 11.3 Å². The number of nitrogens with zero attached hydrogens (tertiary/aromatic N) is 2. The van der Waals surface area contributed by atoms with E-state index >= 15 is 0 Å². The Kier molecular flexibility index (Phi) is 3.45. The molecule has 0 radical (unpaired) electrons. The van der Waals surface area contributed by atoms with Crippen LogP contribution < -0.4 is 5.73 Å². The molecule has 76 valence electrons. The average molecular weight is 193 g/mol. The molecule has 4 nitrogen and oxygen atoms in total. The topological polar surface area (TPSA) is 60.9 Å². The van der Waals surface area contributed by atoms with Gasteiger partial charge >= 0.3 is 0 Å². The summed E-state index contributed by atoms with van der Waals surface area (Å²) in [6, 6.07) is 0. The van der Waals surface area contributed by atoms with Gasteiger partial charge in [0.1, 0.15) is 0 Å². The van der Waals surface area contributed by atoms with Gasteiger partial charge in [-0.1, -0.05) is 6.92 Å². The summed E-state index contributed by atoms with van der Waals surface area (Å²) in [5.74, 6) is -0.437. The minimum Gasteiger partial charge on any atom is -0.366 e. The van der Waals surface area contributed by atoms with E-state index in [1.54, 1.807) is 12.3 Å². The van der Waals surface area contributed by atoms with Crippen molar-refractivity contribution in [2.75, 3.05) is 0 Å². The maximum Gasteiger partial charge on any atom is 0.241 e. The average Bonchev–Trinajstić information content (AvgIpc) is 2.46. The Morgan fingerprint density at radius 1 is 1.71 bits per heavy atom. The fourth-order valence-electron chi connectivity index (χ4n) is 1.23. The predicted molar refractivity (Wildman–Crippen MR) is 55.5 cm³/mol. The lowest BCUT2D eigenvalue weighted by atomic mass is 10.2. The van der Waals surface area contributed by atoms with E-state index in [2.05, 4.69) is 12.0 Å². The Hall–Kier alpha value is -1.58. The number of aromatic nitrogens is 2. The van der Waals surface area contributed by atoms with E-state index in [0.717, 1.165) is 24.2 Å². The molecule has 1 heterocycles. The third kappa shape index (κ3) is 2.45. The molecule has 0 aliphatic carbocycles. The molecule has 14 heavy (non-hydrogen) atoms. The first-order chi connectivity index (χ1) is 6.65. The number of aryl methyl sites for hydroxylation is 1. The lowest BCUT2D eigenvalue weighted by Gasteiger charge is -2.00. The molecule has 0 spiro atoms. The number of carbonyl (C=O) groups excluding carboxylic acids is 1. The van der Waals surface area contributed by atoms with Crippen LogP contribution in [0.4, 0.5) is 0 Å². The molecule has 0 aliphatic heterocycles. The zero-order chi connectivity index (χ0) is 10.6. The summed E-state index contributed by atoms with van der Waals surface area (Å²) >= 11 is 0. The maximum atomic E-state index is 10.5. The highest BCUT2D eigenvalue weighted by atomic mass is 16.1. The number of hydrogen-bond donors (Lipinski definition) is 1. The Morgan fingerprint density at radius 2 is 2.43 bits per heavy atom. The molecule has 0 atom stereocenters. The number of rotatable bonds is 4. The van der Waals surface area contributed by atoms with Gasteiger partial charge in [-0.15, -0.1) is 0 Å². The lowest BCUT2D eigenvalue weighted by Crippen LogP contribution is -2.05. The number of amides is 1. The van der Waals surface area contributed by atoms with E-state index < -0.39 is 5.91 Å². The summed E-state index contributed by atoms with van der Waals surface area (Å²) in [6.07, 6.45) is 5.82. The highest BCUT2D eigenvalue weighted by Gasteiger charge is 2.02. The summed E-state index contributed by atoms with van der Waals surface area (Å²) in [5, 5.41) is 4.20. The van der Waals surface area contributed by atoms with Gasteiger partial charge < -0.3 is 5.73 Å². The zero-order valence-corrected chi connectivity index (χ0v) is 8.53.